The molecule has 160 valence electrons. The second kappa shape index (κ2) is 10.4. The van der Waals surface area contributed by atoms with Crippen LogP contribution < -0.4 is 11.1 Å². The smallest absolute Gasteiger partial charge is 0.224 e. The third kappa shape index (κ3) is 5.27. The molecule has 0 bridgehead atoms. The van der Waals surface area contributed by atoms with Crippen LogP contribution in [0.1, 0.15) is 50.8 Å². The zero-order valence-electron chi connectivity index (χ0n) is 16.3. The van der Waals surface area contributed by atoms with Crippen LogP contribution in [-0.2, 0) is 17.8 Å². The third-order valence-corrected chi connectivity index (χ3v) is 5.77. The highest BCUT2D eigenvalue weighted by atomic mass is 35.5. The summed E-state index contributed by atoms with van der Waals surface area (Å²) >= 11 is 0. The first-order chi connectivity index (χ1) is 13.1. The maximum Gasteiger partial charge on any atom is 0.224 e. The van der Waals surface area contributed by atoms with Gasteiger partial charge < -0.3 is 15.6 Å². The molecule has 0 spiro atoms. The van der Waals surface area contributed by atoms with Crippen molar-refractivity contribution in [2.24, 2.45) is 11.7 Å². The van der Waals surface area contributed by atoms with Crippen molar-refractivity contribution in [3.05, 3.63) is 29.8 Å². The molecule has 1 fully saturated rings. The molecule has 1 aromatic carbocycles. The number of nitrogens with two attached hydrogens (primary N) is 1. The Bertz CT molecular complexity index is 844. The molecular weight excluding hydrogens is 416 g/mol. The van der Waals surface area contributed by atoms with Gasteiger partial charge in [-0.25, -0.2) is 4.39 Å². The Morgan fingerprint density at radius 3 is 2.76 bits per heavy atom. The average Bonchev–Trinajstić information content (AvgIpc) is 3.16. The zero-order chi connectivity index (χ0) is 18.8. The van der Waals surface area contributed by atoms with E-state index in [1.165, 1.54) is 12.5 Å². The van der Waals surface area contributed by atoms with Crippen molar-refractivity contribution in [3.63, 3.8) is 0 Å². The number of nitrogens with zero attached hydrogens (tertiary/aromatic N) is 3. The van der Waals surface area contributed by atoms with Gasteiger partial charge in [-0.15, -0.1) is 35.0 Å². The Labute approximate surface area is 182 Å². The summed E-state index contributed by atoms with van der Waals surface area (Å²) in [5, 5.41) is 11.3. The normalized spacial score (nSPS) is 20.8. The van der Waals surface area contributed by atoms with Gasteiger partial charge in [0.1, 0.15) is 11.6 Å². The predicted octanol–water partition coefficient (Wildman–Crippen LogP) is 4.11. The van der Waals surface area contributed by atoms with Gasteiger partial charge in [0, 0.05) is 31.0 Å². The SMILES string of the molecule is Cl.Cl.N[C@@H]1CCC[C@H]1CC(=O)Nc1cc(-c2nnc3n2CCCCC3)ccc1F. The highest BCUT2D eigenvalue weighted by molar-refractivity contribution is 5.91. The Morgan fingerprint density at radius 1 is 1.17 bits per heavy atom. The van der Waals surface area contributed by atoms with Gasteiger partial charge in [0.05, 0.1) is 5.69 Å². The van der Waals surface area contributed by atoms with Crippen molar-refractivity contribution in [1.82, 2.24) is 14.8 Å². The van der Waals surface area contributed by atoms with Crippen LogP contribution in [0.25, 0.3) is 11.4 Å². The fourth-order valence-electron chi connectivity index (χ4n) is 4.22. The van der Waals surface area contributed by atoms with E-state index < -0.39 is 5.82 Å². The quantitative estimate of drug-likeness (QED) is 0.743. The summed E-state index contributed by atoms with van der Waals surface area (Å²) in [6, 6.07) is 4.80. The Morgan fingerprint density at radius 2 is 2.00 bits per heavy atom. The summed E-state index contributed by atoms with van der Waals surface area (Å²) in [4.78, 5) is 12.4. The van der Waals surface area contributed by atoms with Crippen LogP contribution in [0, 0.1) is 11.7 Å². The summed E-state index contributed by atoms with van der Waals surface area (Å²) in [5.74, 6) is 1.27. The number of benzene rings is 1. The van der Waals surface area contributed by atoms with Gasteiger partial charge in [0.15, 0.2) is 5.82 Å². The van der Waals surface area contributed by atoms with Gasteiger partial charge in [-0.2, -0.15) is 0 Å². The second-order valence-corrected chi connectivity index (χ2v) is 7.70. The summed E-state index contributed by atoms with van der Waals surface area (Å²) in [6.45, 7) is 0.871. The predicted molar refractivity (Wildman–Crippen MR) is 116 cm³/mol. The summed E-state index contributed by atoms with van der Waals surface area (Å²) < 4.78 is 16.4. The lowest BCUT2D eigenvalue weighted by atomic mass is 10.00. The molecule has 2 atom stereocenters. The van der Waals surface area contributed by atoms with Crippen molar-refractivity contribution in [3.8, 4) is 11.4 Å². The van der Waals surface area contributed by atoms with Gasteiger partial charge in [-0.05, 0) is 49.8 Å². The molecule has 6 nitrogen and oxygen atoms in total. The molecular formula is C20H28Cl2FN5O. The van der Waals surface area contributed by atoms with E-state index in [1.54, 1.807) is 12.1 Å². The fourth-order valence-corrected chi connectivity index (χ4v) is 4.22. The van der Waals surface area contributed by atoms with Gasteiger partial charge in [0.25, 0.3) is 0 Å². The van der Waals surface area contributed by atoms with Gasteiger partial charge in [0.2, 0.25) is 5.91 Å². The van der Waals surface area contributed by atoms with E-state index in [0.29, 0.717) is 6.42 Å². The largest absolute Gasteiger partial charge is 0.327 e. The molecule has 0 unspecified atom stereocenters. The summed E-state index contributed by atoms with van der Waals surface area (Å²) in [6.07, 6.45) is 7.61. The number of aromatic nitrogens is 3. The van der Waals surface area contributed by atoms with Crippen LogP contribution in [0.15, 0.2) is 18.2 Å². The van der Waals surface area contributed by atoms with Crippen LogP contribution in [0.2, 0.25) is 0 Å². The maximum atomic E-state index is 14.3. The molecule has 0 radical (unpaired) electrons. The molecule has 1 amide bonds. The average molecular weight is 444 g/mol. The van der Waals surface area contributed by atoms with Crippen LogP contribution in [0.5, 0.6) is 0 Å². The minimum atomic E-state index is -0.446. The van der Waals surface area contributed by atoms with Crippen molar-refractivity contribution in [2.45, 2.75) is 64.0 Å². The highest BCUT2D eigenvalue weighted by Gasteiger charge is 2.26. The van der Waals surface area contributed by atoms with E-state index >= 15 is 0 Å². The Hall–Kier alpha value is -1.70. The van der Waals surface area contributed by atoms with E-state index in [1.807, 2.05) is 0 Å². The molecule has 29 heavy (non-hydrogen) atoms. The van der Waals surface area contributed by atoms with E-state index in [2.05, 4.69) is 20.1 Å². The standard InChI is InChI=1S/C20H26FN5O.2ClH/c21-15-9-8-14(20-25-24-18-7-2-1-3-10-26(18)20)11-17(15)23-19(27)12-13-5-4-6-16(13)22;;/h8-9,11,13,16H,1-7,10,12,22H2,(H,23,27);2*1H/t13-,16+;;/m0../s1. The molecule has 3 N–H and O–H groups in total. The number of rotatable bonds is 4. The molecule has 1 saturated carbocycles. The van der Waals surface area contributed by atoms with Crippen LogP contribution in [0.4, 0.5) is 10.1 Å². The van der Waals surface area contributed by atoms with Gasteiger partial charge in [-0.3, -0.25) is 4.79 Å². The lowest BCUT2D eigenvalue weighted by Gasteiger charge is -2.15. The lowest BCUT2D eigenvalue weighted by molar-refractivity contribution is -0.117. The third-order valence-electron chi connectivity index (χ3n) is 5.77. The number of hydrogen-bond donors (Lipinski definition) is 2. The Kier molecular flexibility index (Phi) is 8.43. The zero-order valence-corrected chi connectivity index (χ0v) is 17.9. The fraction of sp³-hybridized carbons (Fsp3) is 0.550. The van der Waals surface area contributed by atoms with Crippen molar-refractivity contribution in [1.29, 1.82) is 0 Å². The number of carbonyl (C=O) groups excluding carboxylic acids is 1. The lowest BCUT2D eigenvalue weighted by Crippen LogP contribution is -2.28. The molecule has 1 aliphatic carbocycles. The molecule has 2 heterocycles. The van der Waals surface area contributed by atoms with Gasteiger partial charge >= 0.3 is 0 Å². The number of hydrogen-bond acceptors (Lipinski definition) is 4. The van der Waals surface area contributed by atoms with Crippen molar-refractivity contribution in [2.75, 3.05) is 5.32 Å². The van der Waals surface area contributed by atoms with Crippen LogP contribution >= 0.6 is 24.8 Å². The molecule has 0 saturated heterocycles. The number of anilines is 1. The topological polar surface area (TPSA) is 85.8 Å². The number of fused-ring (bicyclic) bond motifs is 1. The monoisotopic (exact) mass is 443 g/mol. The van der Waals surface area contributed by atoms with E-state index in [0.717, 1.165) is 62.3 Å². The minimum Gasteiger partial charge on any atom is -0.327 e. The number of nitrogens with one attached hydrogen (secondary N) is 1. The van der Waals surface area contributed by atoms with Crippen molar-refractivity contribution >= 4 is 36.4 Å². The second-order valence-electron chi connectivity index (χ2n) is 7.70. The molecule has 1 aromatic heterocycles. The molecule has 4 rings (SSSR count). The first kappa shape index (κ1) is 23.6. The number of carbonyl (C=O) groups is 1. The maximum absolute atomic E-state index is 14.3. The molecule has 9 heteroatoms. The number of halogens is 3. The van der Waals surface area contributed by atoms with E-state index in [-0.39, 0.29) is 48.4 Å². The van der Waals surface area contributed by atoms with Crippen molar-refractivity contribution < 1.29 is 9.18 Å². The summed E-state index contributed by atoms with van der Waals surface area (Å²) in [7, 11) is 0. The molecule has 2 aromatic rings. The number of aryl methyl sites for hydroxylation is 1. The Balaban J connectivity index is 0.00000150. The van der Waals surface area contributed by atoms with E-state index in [9.17, 15) is 9.18 Å². The summed E-state index contributed by atoms with van der Waals surface area (Å²) in [5.41, 5.74) is 7.00. The first-order valence-corrected chi connectivity index (χ1v) is 9.89. The first-order valence-electron chi connectivity index (χ1n) is 9.89. The molecule has 1 aliphatic heterocycles. The minimum absolute atomic E-state index is 0. The van der Waals surface area contributed by atoms with E-state index in [4.69, 9.17) is 5.73 Å². The molecule has 2 aliphatic rings. The van der Waals surface area contributed by atoms with Crippen LogP contribution in [-0.4, -0.2) is 26.7 Å². The van der Waals surface area contributed by atoms with Crippen LogP contribution in [0.3, 0.4) is 0 Å². The highest BCUT2D eigenvalue weighted by Crippen LogP contribution is 2.29. The van der Waals surface area contributed by atoms with Gasteiger partial charge in [-0.1, -0.05) is 12.8 Å². The number of amides is 1.